The van der Waals surface area contributed by atoms with E-state index in [9.17, 15) is 29.1 Å². The maximum Gasteiger partial charge on any atom is 0.404 e. The highest BCUT2D eigenvalue weighted by Gasteiger charge is 2.33. The van der Waals surface area contributed by atoms with Gasteiger partial charge in [-0.15, -0.1) is 6.58 Å². The first kappa shape index (κ1) is 43.7. The van der Waals surface area contributed by atoms with E-state index in [-0.39, 0.29) is 56.6 Å². The fraction of sp³-hybridized carbons (Fsp3) is 0.600. The number of aromatic nitrogens is 2. The normalized spacial score (nSPS) is 15.9. The van der Waals surface area contributed by atoms with Crippen molar-refractivity contribution in [3.05, 3.63) is 66.8 Å². The summed E-state index contributed by atoms with van der Waals surface area (Å²) in [6.45, 7) is 8.31. The van der Waals surface area contributed by atoms with Gasteiger partial charge in [0.2, 0.25) is 23.6 Å². The highest BCUT2D eigenvalue weighted by molar-refractivity contribution is 5.92. The molecule has 0 spiro atoms. The van der Waals surface area contributed by atoms with Gasteiger partial charge in [0.15, 0.2) is 0 Å². The Morgan fingerprint density at radius 1 is 0.963 bits per heavy atom. The molecule has 2 aromatic rings. The summed E-state index contributed by atoms with van der Waals surface area (Å²) >= 11 is 0. The van der Waals surface area contributed by atoms with Gasteiger partial charge in [0.1, 0.15) is 12.1 Å². The van der Waals surface area contributed by atoms with Crippen molar-refractivity contribution < 1.29 is 33.8 Å². The molecule has 14 heteroatoms. The lowest BCUT2D eigenvalue weighted by Gasteiger charge is -2.33. The van der Waals surface area contributed by atoms with E-state index in [1.807, 2.05) is 36.4 Å². The summed E-state index contributed by atoms with van der Waals surface area (Å²) < 4.78 is 4.66. The Kier molecular flexibility index (Phi) is 19.3. The Bertz CT molecular complexity index is 1450. The molecule has 1 fully saturated rings. The zero-order valence-electron chi connectivity index (χ0n) is 31.9. The molecular weight excluding hydrogens is 690 g/mol. The fourth-order valence-corrected chi connectivity index (χ4v) is 6.84. The summed E-state index contributed by atoms with van der Waals surface area (Å²) in [5.74, 6) is -1.01. The highest BCUT2D eigenvalue weighted by Crippen LogP contribution is 2.30. The van der Waals surface area contributed by atoms with Gasteiger partial charge < -0.3 is 41.8 Å². The Hall–Kier alpha value is -4.72. The Morgan fingerprint density at radius 3 is 2.31 bits per heavy atom. The molecule has 5 amide bonds. The van der Waals surface area contributed by atoms with Crippen molar-refractivity contribution in [2.75, 3.05) is 13.2 Å². The maximum atomic E-state index is 14.2. The van der Waals surface area contributed by atoms with Crippen LogP contribution in [0.25, 0.3) is 0 Å². The number of nitrogens with two attached hydrogens (primary N) is 1. The van der Waals surface area contributed by atoms with Gasteiger partial charge in [-0.25, -0.2) is 9.78 Å². The Balaban J connectivity index is 1.72. The highest BCUT2D eigenvalue weighted by atomic mass is 16.5. The lowest BCUT2D eigenvalue weighted by Crippen LogP contribution is -2.57. The predicted octanol–water partition coefficient (Wildman–Crippen LogP) is 3.60. The summed E-state index contributed by atoms with van der Waals surface area (Å²) in [5.41, 5.74) is 6.30. The Labute approximate surface area is 319 Å². The average Bonchev–Trinajstić information content (AvgIpc) is 3.66. The molecule has 0 unspecified atom stereocenters. The number of allylic oxidation sites excluding steroid dienone is 1. The van der Waals surface area contributed by atoms with Crippen LogP contribution in [0.4, 0.5) is 4.79 Å². The number of nitrogens with zero attached hydrogens (tertiary/aromatic N) is 1. The first-order valence-electron chi connectivity index (χ1n) is 19.4. The van der Waals surface area contributed by atoms with Crippen LogP contribution in [0.15, 0.2) is 55.5 Å². The summed E-state index contributed by atoms with van der Waals surface area (Å²) in [4.78, 5) is 71.4. The number of imidazole rings is 1. The van der Waals surface area contributed by atoms with Crippen molar-refractivity contribution in [2.45, 2.75) is 122 Å². The second-order valence-electron chi connectivity index (χ2n) is 14.7. The van der Waals surface area contributed by atoms with Crippen LogP contribution in [0, 0.1) is 17.8 Å². The summed E-state index contributed by atoms with van der Waals surface area (Å²) in [5, 5.41) is 23.0. The molecular formula is C40H61N7O7. The van der Waals surface area contributed by atoms with Gasteiger partial charge in [-0.3, -0.25) is 19.2 Å². The smallest absolute Gasteiger partial charge is 0.404 e. The van der Waals surface area contributed by atoms with E-state index in [1.165, 1.54) is 12.7 Å². The van der Waals surface area contributed by atoms with Gasteiger partial charge in [0.05, 0.1) is 30.8 Å². The molecule has 1 aliphatic rings. The number of aliphatic hydroxyl groups excluding tert-OH is 1. The number of unbranched alkanes of at least 4 members (excludes halogenated alkanes) is 1. The van der Waals surface area contributed by atoms with Crippen molar-refractivity contribution >= 4 is 29.7 Å². The number of nitrogens with one attached hydrogen (secondary N) is 5. The van der Waals surface area contributed by atoms with Gasteiger partial charge in [0, 0.05) is 38.4 Å². The number of amides is 5. The van der Waals surface area contributed by atoms with Crippen molar-refractivity contribution in [1.29, 1.82) is 0 Å². The number of ether oxygens (including phenoxy) is 1. The molecule has 0 saturated heterocycles. The fourth-order valence-electron chi connectivity index (χ4n) is 6.84. The van der Waals surface area contributed by atoms with E-state index < -0.39 is 48.0 Å². The van der Waals surface area contributed by atoms with Crippen LogP contribution >= 0.6 is 0 Å². The number of hydrogen-bond donors (Lipinski definition) is 7. The minimum atomic E-state index is -1.05. The minimum Gasteiger partial charge on any atom is -0.450 e. The number of aliphatic hydroxyl groups is 1. The van der Waals surface area contributed by atoms with Crippen LogP contribution in [-0.2, 0) is 36.8 Å². The number of carbonyl (C=O) groups excluding carboxylic acids is 5. The number of H-pyrrole nitrogens is 1. The molecule has 0 aliphatic heterocycles. The second kappa shape index (κ2) is 23.8. The molecule has 1 aromatic carbocycles. The molecule has 54 heavy (non-hydrogen) atoms. The quantitative estimate of drug-likeness (QED) is 0.0620. The van der Waals surface area contributed by atoms with E-state index >= 15 is 0 Å². The van der Waals surface area contributed by atoms with Gasteiger partial charge >= 0.3 is 6.09 Å². The number of carbonyl (C=O) groups is 5. The van der Waals surface area contributed by atoms with Crippen LogP contribution in [0.1, 0.15) is 95.7 Å². The zero-order chi connectivity index (χ0) is 39.3. The van der Waals surface area contributed by atoms with Gasteiger partial charge in [-0.05, 0) is 49.0 Å². The predicted molar refractivity (Wildman–Crippen MR) is 206 cm³/mol. The zero-order valence-corrected chi connectivity index (χ0v) is 31.9. The molecule has 0 radical (unpaired) electrons. The number of primary amides is 1. The first-order chi connectivity index (χ1) is 25.9. The lowest BCUT2D eigenvalue weighted by atomic mass is 9.81. The molecule has 1 aliphatic carbocycles. The van der Waals surface area contributed by atoms with E-state index in [4.69, 9.17) is 5.73 Å². The second-order valence-corrected chi connectivity index (χ2v) is 14.7. The first-order valence-corrected chi connectivity index (χ1v) is 19.4. The van der Waals surface area contributed by atoms with Gasteiger partial charge in [-0.1, -0.05) is 82.4 Å². The third-order valence-electron chi connectivity index (χ3n) is 10.0. The maximum absolute atomic E-state index is 14.2. The summed E-state index contributed by atoms with van der Waals surface area (Å²) in [6.07, 6.45) is 11.2. The van der Waals surface area contributed by atoms with Crippen molar-refractivity contribution in [2.24, 2.45) is 23.5 Å². The van der Waals surface area contributed by atoms with Crippen molar-refractivity contribution in [3.8, 4) is 0 Å². The molecule has 14 nitrogen and oxygen atoms in total. The molecule has 298 valence electrons. The van der Waals surface area contributed by atoms with E-state index in [0.29, 0.717) is 37.3 Å². The average molecular weight is 752 g/mol. The standard InChI is InChI=1S/C40H61N7O7/c1-4-30(27(2)3)23-35(48)32(21-28-13-7-5-8-14-28)46-39(52)34(24-31-25-42-26-44-31)47-38(51)33(22-29-15-9-6-10-16-29)45-37(50)18-19-43-36(49)17-11-12-20-54-40(41)53/h4,6,9-10,15-16,25-28,30,32-35,48H,1,5,7-8,11-14,17-24H2,2-3H3,(H2,41,53)(H,42,44)(H,43,49)(H,45,50)(H,46,52)(H,47,51)/t30-,32-,33-,34-,35+/m0/s1. The lowest BCUT2D eigenvalue weighted by molar-refractivity contribution is -0.132. The summed E-state index contributed by atoms with van der Waals surface area (Å²) in [7, 11) is 0. The van der Waals surface area contributed by atoms with Crippen LogP contribution in [0.5, 0.6) is 0 Å². The molecule has 5 atom stereocenters. The van der Waals surface area contributed by atoms with E-state index in [2.05, 4.69) is 56.4 Å². The molecule has 1 saturated carbocycles. The van der Waals surface area contributed by atoms with E-state index in [1.54, 1.807) is 6.20 Å². The number of hydrogen-bond acceptors (Lipinski definition) is 8. The Morgan fingerprint density at radius 2 is 1.67 bits per heavy atom. The molecule has 3 rings (SSSR count). The van der Waals surface area contributed by atoms with Crippen LogP contribution in [-0.4, -0.2) is 82.2 Å². The molecule has 8 N–H and O–H groups in total. The molecule has 1 heterocycles. The van der Waals surface area contributed by atoms with Crippen molar-refractivity contribution in [1.82, 2.24) is 31.2 Å². The topological polar surface area (TPSA) is 218 Å². The third-order valence-corrected chi connectivity index (χ3v) is 10.0. The van der Waals surface area contributed by atoms with Gasteiger partial charge in [-0.2, -0.15) is 0 Å². The van der Waals surface area contributed by atoms with Crippen molar-refractivity contribution in [3.63, 3.8) is 0 Å². The largest absolute Gasteiger partial charge is 0.450 e. The third kappa shape index (κ3) is 16.5. The molecule has 0 bridgehead atoms. The molecule has 1 aromatic heterocycles. The van der Waals surface area contributed by atoms with Crippen LogP contribution in [0.3, 0.4) is 0 Å². The monoisotopic (exact) mass is 751 g/mol. The number of benzene rings is 1. The number of rotatable bonds is 24. The minimum absolute atomic E-state index is 0.0561. The van der Waals surface area contributed by atoms with Gasteiger partial charge in [0.25, 0.3) is 0 Å². The number of aromatic amines is 1. The van der Waals surface area contributed by atoms with Crippen LogP contribution in [0.2, 0.25) is 0 Å². The van der Waals surface area contributed by atoms with E-state index in [0.717, 1.165) is 31.2 Å². The van der Waals surface area contributed by atoms with Crippen LogP contribution < -0.4 is 27.0 Å². The summed E-state index contributed by atoms with van der Waals surface area (Å²) in [6, 6.07) is 6.61. The SMILES string of the molecule is C=C[C@@H](C[C@@H](O)[C@H](CC1CCCCC1)NC(=O)[C@H](Cc1c[nH]cn1)NC(=O)[C@H](Cc1ccccc1)NC(=O)CCNC(=O)CCCCOC(N)=O)C(C)C.